The van der Waals surface area contributed by atoms with Crippen molar-refractivity contribution in [3.05, 3.63) is 0 Å². The van der Waals surface area contributed by atoms with E-state index in [0.717, 1.165) is 0 Å². The third-order valence-electron chi connectivity index (χ3n) is 0.857. The van der Waals surface area contributed by atoms with Crippen LogP contribution in [0, 0.1) is 16.7 Å². The molecular formula is C6H10N2O. The SMILES string of the molecule is COCC(=N)CCC#N. The molecule has 3 nitrogen and oxygen atoms in total. The van der Waals surface area contributed by atoms with Crippen LogP contribution in [0.2, 0.25) is 0 Å². The first kappa shape index (κ1) is 8.12. The van der Waals surface area contributed by atoms with Gasteiger partial charge < -0.3 is 10.1 Å². The van der Waals surface area contributed by atoms with Gasteiger partial charge in [0.15, 0.2) is 0 Å². The van der Waals surface area contributed by atoms with Gasteiger partial charge in [0.05, 0.1) is 12.7 Å². The van der Waals surface area contributed by atoms with E-state index in [9.17, 15) is 0 Å². The van der Waals surface area contributed by atoms with Crippen molar-refractivity contribution in [3.63, 3.8) is 0 Å². The smallest absolute Gasteiger partial charge is 0.0838 e. The molecule has 0 fully saturated rings. The Morgan fingerprint density at radius 1 is 1.78 bits per heavy atom. The highest BCUT2D eigenvalue weighted by molar-refractivity contribution is 5.82. The molecule has 0 aliphatic rings. The Morgan fingerprint density at radius 3 is 2.89 bits per heavy atom. The minimum absolute atomic E-state index is 0.349. The standard InChI is InChI=1S/C6H10N2O/c1-9-5-6(8)3-2-4-7/h8H,2-3,5H2,1H3. The molecule has 0 amide bonds. The monoisotopic (exact) mass is 126 g/mol. The molecule has 3 heteroatoms. The van der Waals surface area contributed by atoms with Crippen LogP contribution in [0.25, 0.3) is 0 Å². The molecule has 50 valence electrons. The van der Waals surface area contributed by atoms with E-state index in [1.807, 2.05) is 6.07 Å². The van der Waals surface area contributed by atoms with E-state index in [1.165, 1.54) is 0 Å². The average Bonchev–Trinajstić information content (AvgIpc) is 1.85. The van der Waals surface area contributed by atoms with Gasteiger partial charge in [0, 0.05) is 25.7 Å². The summed E-state index contributed by atoms with van der Waals surface area (Å²) in [6.45, 7) is 0.349. The normalized spacial score (nSPS) is 8.44. The lowest BCUT2D eigenvalue weighted by molar-refractivity contribution is 0.243. The van der Waals surface area contributed by atoms with E-state index in [0.29, 0.717) is 25.2 Å². The maximum Gasteiger partial charge on any atom is 0.0838 e. The summed E-state index contributed by atoms with van der Waals surface area (Å²) in [6.07, 6.45) is 0.951. The lowest BCUT2D eigenvalue weighted by Gasteiger charge is -1.96. The first-order valence-corrected chi connectivity index (χ1v) is 2.73. The molecule has 0 saturated heterocycles. The molecule has 0 heterocycles. The quantitative estimate of drug-likeness (QED) is 0.570. The van der Waals surface area contributed by atoms with Gasteiger partial charge in [0.25, 0.3) is 0 Å². The van der Waals surface area contributed by atoms with Crippen molar-refractivity contribution in [2.24, 2.45) is 0 Å². The van der Waals surface area contributed by atoms with E-state index < -0.39 is 0 Å². The highest BCUT2D eigenvalue weighted by Gasteiger charge is 1.92. The topological polar surface area (TPSA) is 56.9 Å². The number of nitrogens with zero attached hydrogens (tertiary/aromatic N) is 1. The largest absolute Gasteiger partial charge is 0.379 e. The maximum absolute atomic E-state index is 8.10. The Hall–Kier alpha value is -0.880. The molecule has 0 saturated carbocycles. The summed E-state index contributed by atoms with van der Waals surface area (Å²) in [5.74, 6) is 0. The van der Waals surface area contributed by atoms with Crippen molar-refractivity contribution >= 4 is 5.71 Å². The third-order valence-corrected chi connectivity index (χ3v) is 0.857. The number of hydrogen-bond acceptors (Lipinski definition) is 3. The maximum atomic E-state index is 8.10. The summed E-state index contributed by atoms with van der Waals surface area (Å²) >= 11 is 0. The third kappa shape index (κ3) is 4.98. The summed E-state index contributed by atoms with van der Waals surface area (Å²) in [6, 6.07) is 1.96. The van der Waals surface area contributed by atoms with Crippen molar-refractivity contribution in [2.45, 2.75) is 12.8 Å². The van der Waals surface area contributed by atoms with Crippen LogP contribution in [-0.2, 0) is 4.74 Å². The predicted molar refractivity (Wildman–Crippen MR) is 34.4 cm³/mol. The van der Waals surface area contributed by atoms with Crippen LogP contribution >= 0.6 is 0 Å². The van der Waals surface area contributed by atoms with Gasteiger partial charge in [-0.1, -0.05) is 0 Å². The molecular weight excluding hydrogens is 116 g/mol. The predicted octanol–water partition coefficient (Wildman–Crippen LogP) is 0.956. The first-order valence-electron chi connectivity index (χ1n) is 2.73. The van der Waals surface area contributed by atoms with Crippen LogP contribution in [0.4, 0.5) is 0 Å². The van der Waals surface area contributed by atoms with Gasteiger partial charge in [-0.15, -0.1) is 0 Å². The molecule has 0 radical (unpaired) electrons. The summed E-state index contributed by atoms with van der Waals surface area (Å²) in [4.78, 5) is 0. The number of methoxy groups -OCH3 is 1. The fraction of sp³-hybridized carbons (Fsp3) is 0.667. The molecule has 0 bridgehead atoms. The highest BCUT2D eigenvalue weighted by atomic mass is 16.5. The summed E-state index contributed by atoms with van der Waals surface area (Å²) < 4.78 is 4.67. The van der Waals surface area contributed by atoms with E-state index in [2.05, 4.69) is 4.74 Å². The van der Waals surface area contributed by atoms with Crippen LogP contribution < -0.4 is 0 Å². The average molecular weight is 126 g/mol. The molecule has 1 N–H and O–H groups in total. The molecule has 0 aromatic heterocycles. The molecule has 0 aliphatic carbocycles. The Labute approximate surface area is 54.8 Å². The minimum atomic E-state index is 0.349. The molecule has 0 spiro atoms. The van der Waals surface area contributed by atoms with Crippen molar-refractivity contribution in [1.29, 1.82) is 10.7 Å². The summed E-state index contributed by atoms with van der Waals surface area (Å²) in [5.41, 5.74) is 0.485. The van der Waals surface area contributed by atoms with Gasteiger partial charge in [-0.05, 0) is 0 Å². The minimum Gasteiger partial charge on any atom is -0.379 e. The van der Waals surface area contributed by atoms with Crippen molar-refractivity contribution in [1.82, 2.24) is 0 Å². The molecule has 0 aromatic rings. The van der Waals surface area contributed by atoms with Crippen molar-refractivity contribution in [2.75, 3.05) is 13.7 Å². The molecule has 0 aromatic carbocycles. The van der Waals surface area contributed by atoms with Crippen molar-refractivity contribution in [3.8, 4) is 6.07 Å². The fourth-order valence-corrected chi connectivity index (χ4v) is 0.453. The van der Waals surface area contributed by atoms with Gasteiger partial charge in [-0.25, -0.2) is 0 Å². The van der Waals surface area contributed by atoms with Crippen molar-refractivity contribution < 1.29 is 4.74 Å². The number of ether oxygens (including phenoxy) is 1. The van der Waals surface area contributed by atoms with E-state index >= 15 is 0 Å². The summed E-state index contributed by atoms with van der Waals surface area (Å²) in [5, 5.41) is 15.2. The second-order valence-corrected chi connectivity index (χ2v) is 1.69. The van der Waals surface area contributed by atoms with Crippen LogP contribution in [0.3, 0.4) is 0 Å². The summed E-state index contributed by atoms with van der Waals surface area (Å²) in [7, 11) is 1.54. The molecule has 0 atom stereocenters. The molecule has 0 rings (SSSR count). The highest BCUT2D eigenvalue weighted by Crippen LogP contribution is 1.88. The second-order valence-electron chi connectivity index (χ2n) is 1.69. The zero-order chi connectivity index (χ0) is 7.11. The zero-order valence-electron chi connectivity index (χ0n) is 5.48. The number of hydrogen-bond donors (Lipinski definition) is 1. The Bertz CT molecular complexity index is 126. The lowest BCUT2D eigenvalue weighted by atomic mass is 10.2. The van der Waals surface area contributed by atoms with Gasteiger partial charge in [-0.3, -0.25) is 0 Å². The number of rotatable bonds is 4. The van der Waals surface area contributed by atoms with E-state index in [4.69, 9.17) is 10.7 Å². The van der Waals surface area contributed by atoms with Crippen LogP contribution in [-0.4, -0.2) is 19.4 Å². The van der Waals surface area contributed by atoms with E-state index in [1.54, 1.807) is 7.11 Å². The molecule has 0 aliphatic heterocycles. The molecule has 9 heavy (non-hydrogen) atoms. The van der Waals surface area contributed by atoms with Gasteiger partial charge >= 0.3 is 0 Å². The van der Waals surface area contributed by atoms with Gasteiger partial charge in [0.2, 0.25) is 0 Å². The van der Waals surface area contributed by atoms with Crippen LogP contribution in [0.1, 0.15) is 12.8 Å². The van der Waals surface area contributed by atoms with Gasteiger partial charge in [-0.2, -0.15) is 5.26 Å². The van der Waals surface area contributed by atoms with Crippen LogP contribution in [0.5, 0.6) is 0 Å². The Morgan fingerprint density at radius 2 is 2.44 bits per heavy atom. The van der Waals surface area contributed by atoms with E-state index in [-0.39, 0.29) is 0 Å². The number of nitrogens with one attached hydrogen (secondary N) is 1. The zero-order valence-corrected chi connectivity index (χ0v) is 5.48. The number of nitriles is 1. The Kier molecular flexibility index (Phi) is 4.75. The van der Waals surface area contributed by atoms with Gasteiger partial charge in [0.1, 0.15) is 0 Å². The Balaban J connectivity index is 3.19. The lowest BCUT2D eigenvalue weighted by Crippen LogP contribution is -2.03. The fourth-order valence-electron chi connectivity index (χ4n) is 0.453. The van der Waals surface area contributed by atoms with Crippen LogP contribution in [0.15, 0.2) is 0 Å². The molecule has 0 unspecified atom stereocenters. The second kappa shape index (κ2) is 5.26. The first-order chi connectivity index (χ1) is 4.31.